The van der Waals surface area contributed by atoms with Crippen molar-refractivity contribution in [2.75, 3.05) is 0 Å². The fourth-order valence-electron chi connectivity index (χ4n) is 3.21. The van der Waals surface area contributed by atoms with Gasteiger partial charge in [-0.15, -0.1) is 0 Å². The van der Waals surface area contributed by atoms with Gasteiger partial charge in [-0.2, -0.15) is 0 Å². The van der Waals surface area contributed by atoms with Crippen LogP contribution in [-0.4, -0.2) is 27.9 Å². The van der Waals surface area contributed by atoms with Crippen LogP contribution in [0, 0.1) is 5.92 Å². The van der Waals surface area contributed by atoms with Crippen molar-refractivity contribution in [3.8, 4) is 0 Å². The maximum atomic E-state index is 11.8. The zero-order valence-corrected chi connectivity index (χ0v) is 15.7. The normalized spacial score (nSPS) is 15.1. The molecule has 0 heterocycles. The largest absolute Gasteiger partial charge is 0.346 e. The molecule has 0 spiro atoms. The summed E-state index contributed by atoms with van der Waals surface area (Å²) in [6, 6.07) is 0. The van der Waals surface area contributed by atoms with Gasteiger partial charge in [0, 0.05) is 5.66 Å². The Morgan fingerprint density at radius 1 is 0.727 bits per heavy atom. The van der Waals surface area contributed by atoms with Crippen LogP contribution in [0.15, 0.2) is 0 Å². The van der Waals surface area contributed by atoms with Crippen molar-refractivity contribution < 1.29 is 9.46 Å². The molecule has 1 N–H and O–H groups in total. The first-order chi connectivity index (χ1) is 10.2. The molecule has 3 atom stereocenters. The number of rotatable bonds is 15. The highest BCUT2D eigenvalue weighted by molar-refractivity contribution is 7.38. The van der Waals surface area contributed by atoms with Crippen molar-refractivity contribution in [3.63, 3.8) is 0 Å². The molecule has 0 aromatic carbocycles. The molecule has 0 bridgehead atoms. The molecule has 0 aromatic rings. The van der Waals surface area contributed by atoms with E-state index in [1.807, 2.05) is 0 Å². The van der Waals surface area contributed by atoms with E-state index >= 15 is 0 Å². The molecule has 3 unspecified atom stereocenters. The molecule has 0 aliphatic rings. The summed E-state index contributed by atoms with van der Waals surface area (Å²) in [7, 11) is -2.38. The highest BCUT2D eigenvalue weighted by atomic mass is 31.1. The summed E-state index contributed by atoms with van der Waals surface area (Å²) in [5, 5.41) is 0. The molecule has 2 nitrogen and oxygen atoms in total. The first-order valence-corrected chi connectivity index (χ1v) is 10.8. The molecular formula is C18H42AlO2P. The van der Waals surface area contributed by atoms with Gasteiger partial charge in [0.15, 0.2) is 25.4 Å². The molecule has 0 saturated carbocycles. The van der Waals surface area contributed by atoms with Crippen molar-refractivity contribution in [1.29, 1.82) is 0 Å². The van der Waals surface area contributed by atoms with E-state index in [-0.39, 0.29) is 23.0 Å². The van der Waals surface area contributed by atoms with Crippen molar-refractivity contribution in [3.05, 3.63) is 0 Å². The predicted octanol–water partition coefficient (Wildman–Crippen LogP) is 5.39. The van der Waals surface area contributed by atoms with Crippen molar-refractivity contribution in [2.45, 2.75) is 110 Å². The Labute approximate surface area is 150 Å². The van der Waals surface area contributed by atoms with Crippen molar-refractivity contribution in [1.82, 2.24) is 0 Å². The Morgan fingerprint density at radius 2 is 1.14 bits per heavy atom. The maximum Gasteiger partial charge on any atom is 0.192 e. The lowest BCUT2D eigenvalue weighted by atomic mass is 9.89. The Morgan fingerprint density at radius 3 is 1.59 bits per heavy atom. The summed E-state index contributed by atoms with van der Waals surface area (Å²) >= 11 is 0. The third-order valence-corrected chi connectivity index (χ3v) is 6.01. The first kappa shape index (κ1) is 25.0. The Balaban J connectivity index is 0. The minimum atomic E-state index is -2.38. The van der Waals surface area contributed by atoms with Gasteiger partial charge < -0.3 is 4.89 Å². The second-order valence-electron chi connectivity index (χ2n) is 6.55. The monoisotopic (exact) mass is 348 g/mol. The van der Waals surface area contributed by atoms with Crippen LogP contribution in [-0.2, 0) is 4.57 Å². The van der Waals surface area contributed by atoms with Crippen LogP contribution in [0.5, 0.6) is 0 Å². The number of hydrogen-bond acceptors (Lipinski definition) is 1. The zero-order chi connectivity index (χ0) is 15.9. The predicted molar refractivity (Wildman–Crippen MR) is 105 cm³/mol. The molecule has 0 radical (unpaired) electrons. The van der Waals surface area contributed by atoms with E-state index in [0.717, 1.165) is 25.7 Å². The molecule has 0 rings (SSSR count). The SMILES string of the molecule is CCCCCCC(CCCCC)C(CCCCC)[PH](=O)O.[AlH3]. The molecule has 0 saturated heterocycles. The average molecular weight is 348 g/mol. The topological polar surface area (TPSA) is 37.3 Å². The molecule has 0 fully saturated rings. The third-order valence-electron chi connectivity index (χ3n) is 4.61. The van der Waals surface area contributed by atoms with Crippen LogP contribution in [0.2, 0.25) is 0 Å². The average Bonchev–Trinajstić information content (AvgIpc) is 2.46. The number of unbranched alkanes of at least 4 members (excludes halogenated alkanes) is 7. The standard InChI is InChI=1S/C18H39O2P.Al.3H/c1-4-7-10-13-15-17(14-11-8-5-2)18(21(19)20)16-12-9-6-3;;;;/h17-18,21H,4-16H2,1-3H3,(H,19,20);;;;. The lowest BCUT2D eigenvalue weighted by Gasteiger charge is -2.25. The highest BCUT2D eigenvalue weighted by Crippen LogP contribution is 2.38. The summed E-state index contributed by atoms with van der Waals surface area (Å²) in [5.41, 5.74) is 0.0834. The van der Waals surface area contributed by atoms with Crippen LogP contribution in [0.3, 0.4) is 0 Å². The Bertz CT molecular complexity index is 249. The molecule has 0 aliphatic carbocycles. The lowest BCUT2D eigenvalue weighted by Crippen LogP contribution is -2.18. The van der Waals surface area contributed by atoms with Gasteiger partial charge in [-0.3, -0.25) is 4.57 Å². The van der Waals surface area contributed by atoms with Gasteiger partial charge in [0.25, 0.3) is 0 Å². The van der Waals surface area contributed by atoms with Crippen LogP contribution in [0.4, 0.5) is 0 Å². The second-order valence-corrected chi connectivity index (χ2v) is 7.96. The molecule has 22 heavy (non-hydrogen) atoms. The molecule has 0 aromatic heterocycles. The minimum absolute atomic E-state index is 0. The minimum Gasteiger partial charge on any atom is -0.346 e. The van der Waals surface area contributed by atoms with Crippen molar-refractivity contribution >= 4 is 25.4 Å². The summed E-state index contributed by atoms with van der Waals surface area (Å²) in [4.78, 5) is 9.79. The van der Waals surface area contributed by atoms with Crippen LogP contribution in [0.1, 0.15) is 104 Å². The molecular weight excluding hydrogens is 306 g/mol. The van der Waals surface area contributed by atoms with Crippen LogP contribution in [0.25, 0.3) is 0 Å². The lowest BCUT2D eigenvalue weighted by molar-refractivity contribution is 0.354. The highest BCUT2D eigenvalue weighted by Gasteiger charge is 2.24. The fourth-order valence-corrected chi connectivity index (χ4v) is 4.40. The summed E-state index contributed by atoms with van der Waals surface area (Å²) in [5.74, 6) is 0.488. The van der Waals surface area contributed by atoms with Crippen LogP contribution >= 0.6 is 8.03 Å². The Kier molecular flexibility index (Phi) is 20.5. The van der Waals surface area contributed by atoms with Gasteiger partial charge in [0.1, 0.15) is 0 Å². The molecule has 4 heteroatoms. The first-order valence-electron chi connectivity index (χ1n) is 9.40. The van der Waals surface area contributed by atoms with E-state index in [2.05, 4.69) is 20.8 Å². The zero-order valence-electron chi connectivity index (χ0n) is 14.7. The van der Waals surface area contributed by atoms with Crippen molar-refractivity contribution in [2.24, 2.45) is 5.92 Å². The number of hydrogen-bond donors (Lipinski definition) is 1. The summed E-state index contributed by atoms with van der Waals surface area (Å²) in [6.45, 7) is 6.66. The van der Waals surface area contributed by atoms with Gasteiger partial charge in [0.2, 0.25) is 0 Å². The van der Waals surface area contributed by atoms with E-state index in [9.17, 15) is 9.46 Å². The van der Waals surface area contributed by atoms with E-state index < -0.39 is 8.03 Å². The van der Waals surface area contributed by atoms with Gasteiger partial charge >= 0.3 is 0 Å². The Hall–Kier alpha value is 0.722. The summed E-state index contributed by atoms with van der Waals surface area (Å²) in [6.07, 6.45) is 15.6. The molecule has 0 aliphatic heterocycles. The van der Waals surface area contributed by atoms with Gasteiger partial charge in [-0.05, 0) is 25.2 Å². The smallest absolute Gasteiger partial charge is 0.192 e. The van der Waals surface area contributed by atoms with E-state index in [1.165, 1.54) is 57.8 Å². The van der Waals surface area contributed by atoms with Crippen LogP contribution < -0.4 is 0 Å². The molecule has 134 valence electrons. The van der Waals surface area contributed by atoms with Gasteiger partial charge in [-0.1, -0.05) is 85.0 Å². The third kappa shape index (κ3) is 13.2. The fraction of sp³-hybridized carbons (Fsp3) is 1.00. The maximum absolute atomic E-state index is 11.8. The quantitative estimate of drug-likeness (QED) is 0.245. The van der Waals surface area contributed by atoms with Gasteiger partial charge in [0.05, 0.1) is 0 Å². The van der Waals surface area contributed by atoms with E-state index in [1.54, 1.807) is 0 Å². The van der Waals surface area contributed by atoms with E-state index in [0.29, 0.717) is 5.92 Å². The second kappa shape index (κ2) is 18.1. The van der Waals surface area contributed by atoms with Gasteiger partial charge in [-0.25, -0.2) is 0 Å². The molecule has 0 amide bonds. The summed E-state index contributed by atoms with van der Waals surface area (Å²) < 4.78 is 11.8. The van der Waals surface area contributed by atoms with E-state index in [4.69, 9.17) is 0 Å².